The van der Waals surface area contributed by atoms with Crippen molar-refractivity contribution in [3.63, 3.8) is 0 Å². The molecule has 6 nitrogen and oxygen atoms in total. The molecule has 0 spiro atoms. The number of nitrogens with zero attached hydrogens (tertiary/aromatic N) is 1. The third kappa shape index (κ3) is 4.55. The average Bonchev–Trinajstić information content (AvgIpc) is 2.67. The number of aliphatic hydroxyl groups is 1. The van der Waals surface area contributed by atoms with Crippen molar-refractivity contribution in [2.45, 2.75) is 25.3 Å². The summed E-state index contributed by atoms with van der Waals surface area (Å²) >= 11 is 0. The number of ether oxygens (including phenoxy) is 1. The maximum atomic E-state index is 12.0. The van der Waals surface area contributed by atoms with E-state index in [2.05, 4.69) is 0 Å². The molecular formula is C11H21NO5S. The summed E-state index contributed by atoms with van der Waals surface area (Å²) in [4.78, 5) is 13.6. The van der Waals surface area contributed by atoms with E-state index in [1.165, 1.54) is 0 Å². The highest BCUT2D eigenvalue weighted by Gasteiger charge is 2.34. The Kier molecular flexibility index (Phi) is 6.04. The first-order valence-electron chi connectivity index (χ1n) is 6.10. The first kappa shape index (κ1) is 15.4. The van der Waals surface area contributed by atoms with Crippen molar-refractivity contribution in [1.82, 2.24) is 4.90 Å². The van der Waals surface area contributed by atoms with Gasteiger partial charge in [0.2, 0.25) is 5.91 Å². The van der Waals surface area contributed by atoms with Crippen molar-refractivity contribution in [1.29, 1.82) is 0 Å². The van der Waals surface area contributed by atoms with Gasteiger partial charge >= 0.3 is 0 Å². The Bertz CT molecular complexity index is 368. The van der Waals surface area contributed by atoms with E-state index in [0.29, 0.717) is 26.0 Å². The second kappa shape index (κ2) is 7.06. The van der Waals surface area contributed by atoms with Gasteiger partial charge in [-0.15, -0.1) is 0 Å². The fourth-order valence-corrected chi connectivity index (χ4v) is 3.83. The van der Waals surface area contributed by atoms with E-state index in [4.69, 9.17) is 9.84 Å². The first-order chi connectivity index (χ1) is 8.50. The number of carbonyl (C=O) groups excluding carboxylic acids is 1. The van der Waals surface area contributed by atoms with Crippen molar-refractivity contribution in [3.8, 4) is 0 Å². The van der Waals surface area contributed by atoms with E-state index in [9.17, 15) is 13.2 Å². The van der Waals surface area contributed by atoms with Crippen LogP contribution in [0, 0.1) is 0 Å². The van der Waals surface area contributed by atoms with Crippen molar-refractivity contribution in [2.75, 3.05) is 38.4 Å². The molecule has 1 aliphatic rings. The van der Waals surface area contributed by atoms with E-state index < -0.39 is 9.84 Å². The van der Waals surface area contributed by atoms with E-state index in [0.717, 1.165) is 0 Å². The fraction of sp³-hybridized carbons (Fsp3) is 0.909. The fourth-order valence-electron chi connectivity index (χ4n) is 2.10. The standard InChI is InChI=1S/C11H21NO5S/c1-17-7-5-12(11(14)3-2-6-13)10-4-8-18(15,16)9-10/h10,13H,2-9H2,1H3. The maximum absolute atomic E-state index is 12.0. The lowest BCUT2D eigenvalue weighted by atomic mass is 10.2. The number of carbonyl (C=O) groups is 1. The Hall–Kier alpha value is -0.660. The van der Waals surface area contributed by atoms with Crippen LogP contribution in [0.2, 0.25) is 0 Å². The smallest absolute Gasteiger partial charge is 0.223 e. The van der Waals surface area contributed by atoms with Crippen LogP contribution in [0.15, 0.2) is 0 Å². The molecule has 106 valence electrons. The van der Waals surface area contributed by atoms with Gasteiger partial charge < -0.3 is 14.7 Å². The lowest BCUT2D eigenvalue weighted by molar-refractivity contribution is -0.134. The van der Waals surface area contributed by atoms with Crippen LogP contribution in [0.4, 0.5) is 0 Å². The van der Waals surface area contributed by atoms with Gasteiger partial charge in [0.05, 0.1) is 18.1 Å². The summed E-state index contributed by atoms with van der Waals surface area (Å²) < 4.78 is 27.8. The Balaban J connectivity index is 2.63. The molecule has 1 unspecified atom stereocenters. The second-order valence-electron chi connectivity index (χ2n) is 4.46. The van der Waals surface area contributed by atoms with Crippen LogP contribution in [-0.4, -0.2) is 68.7 Å². The van der Waals surface area contributed by atoms with Gasteiger partial charge in [-0.1, -0.05) is 0 Å². The van der Waals surface area contributed by atoms with Gasteiger partial charge in [0, 0.05) is 32.7 Å². The van der Waals surface area contributed by atoms with E-state index in [1.807, 2.05) is 0 Å². The third-order valence-corrected chi connectivity index (χ3v) is 4.80. The molecule has 7 heteroatoms. The van der Waals surface area contributed by atoms with Crippen molar-refractivity contribution in [3.05, 3.63) is 0 Å². The molecule has 0 aromatic carbocycles. The van der Waals surface area contributed by atoms with E-state index in [1.54, 1.807) is 12.0 Å². The predicted octanol–water partition coefficient (Wildman–Crippen LogP) is -0.579. The molecule has 1 fully saturated rings. The topological polar surface area (TPSA) is 83.9 Å². The van der Waals surface area contributed by atoms with Crippen LogP contribution >= 0.6 is 0 Å². The molecule has 0 aliphatic carbocycles. The lowest BCUT2D eigenvalue weighted by Crippen LogP contribution is -2.43. The SMILES string of the molecule is COCCN(C(=O)CCCO)C1CCS(=O)(=O)C1. The van der Waals surface area contributed by atoms with E-state index in [-0.39, 0.29) is 36.5 Å². The number of hydrogen-bond donors (Lipinski definition) is 1. The Morgan fingerprint density at radius 1 is 1.50 bits per heavy atom. The molecule has 0 bridgehead atoms. The third-order valence-electron chi connectivity index (χ3n) is 3.05. The summed E-state index contributed by atoms with van der Waals surface area (Å²) in [6, 6.07) is -0.239. The molecule has 18 heavy (non-hydrogen) atoms. The molecule has 1 heterocycles. The highest BCUT2D eigenvalue weighted by atomic mass is 32.2. The van der Waals surface area contributed by atoms with Crippen LogP contribution in [0.3, 0.4) is 0 Å². The number of hydrogen-bond acceptors (Lipinski definition) is 5. The number of methoxy groups -OCH3 is 1. The summed E-state index contributed by atoms with van der Waals surface area (Å²) in [6.07, 6.45) is 1.15. The molecule has 1 saturated heterocycles. The monoisotopic (exact) mass is 279 g/mol. The van der Waals surface area contributed by atoms with Crippen LogP contribution in [0.5, 0.6) is 0 Å². The van der Waals surface area contributed by atoms with Gasteiger partial charge in [0.15, 0.2) is 9.84 Å². The molecule has 0 radical (unpaired) electrons. The van der Waals surface area contributed by atoms with Crippen molar-refractivity contribution < 1.29 is 23.1 Å². The van der Waals surface area contributed by atoms with Crippen molar-refractivity contribution >= 4 is 15.7 Å². The Morgan fingerprint density at radius 3 is 2.72 bits per heavy atom. The van der Waals surface area contributed by atoms with Gasteiger partial charge in [-0.2, -0.15) is 0 Å². The minimum Gasteiger partial charge on any atom is -0.396 e. The zero-order chi connectivity index (χ0) is 13.6. The molecular weight excluding hydrogens is 258 g/mol. The predicted molar refractivity (Wildman–Crippen MR) is 67.0 cm³/mol. The largest absolute Gasteiger partial charge is 0.396 e. The van der Waals surface area contributed by atoms with Crippen LogP contribution in [-0.2, 0) is 19.4 Å². The number of amides is 1. The maximum Gasteiger partial charge on any atom is 0.223 e. The van der Waals surface area contributed by atoms with Crippen LogP contribution in [0.1, 0.15) is 19.3 Å². The number of rotatable bonds is 7. The molecule has 1 rings (SSSR count). The van der Waals surface area contributed by atoms with Crippen LogP contribution in [0.25, 0.3) is 0 Å². The summed E-state index contributed by atoms with van der Waals surface area (Å²) in [5.41, 5.74) is 0. The zero-order valence-corrected chi connectivity index (χ0v) is 11.5. The summed E-state index contributed by atoms with van der Waals surface area (Å²) in [5.74, 6) is 0.0823. The molecule has 1 atom stereocenters. The summed E-state index contributed by atoms with van der Waals surface area (Å²) in [5, 5.41) is 8.73. The minimum atomic E-state index is -3.00. The second-order valence-corrected chi connectivity index (χ2v) is 6.69. The first-order valence-corrected chi connectivity index (χ1v) is 7.92. The Morgan fingerprint density at radius 2 is 2.22 bits per heavy atom. The highest BCUT2D eigenvalue weighted by Crippen LogP contribution is 2.18. The van der Waals surface area contributed by atoms with Gasteiger partial charge in [0.1, 0.15) is 0 Å². The van der Waals surface area contributed by atoms with Crippen molar-refractivity contribution in [2.24, 2.45) is 0 Å². The normalized spacial score (nSPS) is 22.0. The molecule has 1 aliphatic heterocycles. The van der Waals surface area contributed by atoms with Crippen LogP contribution < -0.4 is 0 Å². The molecule has 0 aromatic heterocycles. The minimum absolute atomic E-state index is 0.0349. The van der Waals surface area contributed by atoms with Gasteiger partial charge in [-0.05, 0) is 12.8 Å². The van der Waals surface area contributed by atoms with Gasteiger partial charge in [-0.3, -0.25) is 4.79 Å². The Labute approximate surface area is 108 Å². The highest BCUT2D eigenvalue weighted by molar-refractivity contribution is 7.91. The number of aliphatic hydroxyl groups excluding tert-OH is 1. The number of sulfone groups is 1. The zero-order valence-electron chi connectivity index (χ0n) is 10.7. The van der Waals surface area contributed by atoms with Gasteiger partial charge in [-0.25, -0.2) is 8.42 Å². The molecule has 0 aromatic rings. The molecule has 1 N–H and O–H groups in total. The molecule has 1 amide bonds. The van der Waals surface area contributed by atoms with E-state index >= 15 is 0 Å². The average molecular weight is 279 g/mol. The molecule has 0 saturated carbocycles. The van der Waals surface area contributed by atoms with Gasteiger partial charge in [0.25, 0.3) is 0 Å². The lowest BCUT2D eigenvalue weighted by Gasteiger charge is -2.28. The summed E-state index contributed by atoms with van der Waals surface area (Å²) in [7, 11) is -1.46. The quantitative estimate of drug-likeness (QED) is 0.674. The summed E-state index contributed by atoms with van der Waals surface area (Å²) in [6.45, 7) is 0.759.